The molecule has 1 saturated heterocycles. The van der Waals surface area contributed by atoms with E-state index in [9.17, 15) is 14.4 Å². The molecule has 0 saturated carbocycles. The minimum absolute atomic E-state index is 0.0963. The van der Waals surface area contributed by atoms with E-state index < -0.39 is 0 Å². The van der Waals surface area contributed by atoms with Crippen molar-refractivity contribution in [3.8, 4) is 11.5 Å². The summed E-state index contributed by atoms with van der Waals surface area (Å²) in [7, 11) is 1.56. The summed E-state index contributed by atoms with van der Waals surface area (Å²) in [5.41, 5.74) is 2.06. The van der Waals surface area contributed by atoms with Crippen molar-refractivity contribution >= 4 is 23.4 Å². The quantitative estimate of drug-likeness (QED) is 0.642. The van der Waals surface area contributed by atoms with Crippen molar-refractivity contribution in [2.45, 2.75) is 26.3 Å². The molecule has 1 fully saturated rings. The highest BCUT2D eigenvalue weighted by Crippen LogP contribution is 2.28. The molecule has 1 aliphatic heterocycles. The molecule has 1 aliphatic rings. The standard InChI is InChI=1S/C23H27N3O5/c1-3-31-19-11-6-16(13-20(19)30-2)14-24-21(27)15-25-23(29)17-7-9-18(10-8-17)26-12-4-5-22(26)28/h6-11,13H,3-5,12,14-15H2,1-2H3,(H,24,27)(H,25,29). The number of nitrogens with one attached hydrogen (secondary N) is 2. The van der Waals surface area contributed by atoms with Gasteiger partial charge in [-0.1, -0.05) is 6.07 Å². The molecule has 31 heavy (non-hydrogen) atoms. The Morgan fingerprint density at radius 3 is 2.48 bits per heavy atom. The summed E-state index contributed by atoms with van der Waals surface area (Å²) >= 11 is 0. The van der Waals surface area contributed by atoms with Crippen LogP contribution >= 0.6 is 0 Å². The predicted octanol–water partition coefficient (Wildman–Crippen LogP) is 2.27. The molecule has 0 spiro atoms. The van der Waals surface area contributed by atoms with Crippen molar-refractivity contribution in [2.75, 3.05) is 31.7 Å². The number of amides is 3. The second kappa shape index (κ2) is 10.5. The molecule has 8 nitrogen and oxygen atoms in total. The van der Waals surface area contributed by atoms with Crippen LogP contribution in [0.4, 0.5) is 5.69 Å². The summed E-state index contributed by atoms with van der Waals surface area (Å²) in [6.07, 6.45) is 1.40. The van der Waals surface area contributed by atoms with Gasteiger partial charge in [-0.05, 0) is 55.3 Å². The minimum Gasteiger partial charge on any atom is -0.493 e. The number of hydrogen-bond acceptors (Lipinski definition) is 5. The highest BCUT2D eigenvalue weighted by Gasteiger charge is 2.21. The van der Waals surface area contributed by atoms with Crippen molar-refractivity contribution in [1.82, 2.24) is 10.6 Å². The fraction of sp³-hybridized carbons (Fsp3) is 0.348. The number of benzene rings is 2. The number of hydrogen-bond donors (Lipinski definition) is 2. The van der Waals surface area contributed by atoms with Crippen molar-refractivity contribution in [1.29, 1.82) is 0 Å². The average molecular weight is 425 g/mol. The molecule has 3 amide bonds. The third kappa shape index (κ3) is 5.75. The molecular weight excluding hydrogens is 398 g/mol. The number of ether oxygens (including phenoxy) is 2. The highest BCUT2D eigenvalue weighted by atomic mass is 16.5. The summed E-state index contributed by atoms with van der Waals surface area (Å²) < 4.78 is 10.8. The highest BCUT2D eigenvalue weighted by molar-refractivity contribution is 5.98. The maximum Gasteiger partial charge on any atom is 0.251 e. The Hall–Kier alpha value is -3.55. The zero-order chi connectivity index (χ0) is 22.2. The lowest BCUT2D eigenvalue weighted by Gasteiger charge is -2.15. The van der Waals surface area contributed by atoms with Crippen LogP contribution < -0.4 is 25.0 Å². The van der Waals surface area contributed by atoms with Gasteiger partial charge in [-0.3, -0.25) is 14.4 Å². The number of rotatable bonds is 9. The van der Waals surface area contributed by atoms with Crippen molar-refractivity contribution in [3.63, 3.8) is 0 Å². The summed E-state index contributed by atoms with van der Waals surface area (Å²) in [6, 6.07) is 12.2. The van der Waals surface area contributed by atoms with Crippen LogP contribution in [-0.4, -0.2) is 44.5 Å². The molecule has 0 radical (unpaired) electrons. The largest absolute Gasteiger partial charge is 0.493 e. The Bertz CT molecular complexity index is 943. The smallest absolute Gasteiger partial charge is 0.251 e. The second-order valence-electron chi connectivity index (χ2n) is 7.07. The molecule has 0 bridgehead atoms. The maximum absolute atomic E-state index is 12.3. The second-order valence-corrected chi connectivity index (χ2v) is 7.07. The number of carbonyl (C=O) groups excluding carboxylic acids is 3. The van der Waals surface area contributed by atoms with Crippen LogP contribution in [0, 0.1) is 0 Å². The molecule has 2 aromatic carbocycles. The summed E-state index contributed by atoms with van der Waals surface area (Å²) in [5.74, 6) is 0.685. The van der Waals surface area contributed by atoms with E-state index in [0.29, 0.717) is 43.2 Å². The van der Waals surface area contributed by atoms with E-state index in [4.69, 9.17) is 9.47 Å². The molecule has 0 aromatic heterocycles. The van der Waals surface area contributed by atoms with E-state index in [1.807, 2.05) is 13.0 Å². The third-order valence-electron chi connectivity index (χ3n) is 4.94. The molecular formula is C23H27N3O5. The van der Waals surface area contributed by atoms with E-state index in [2.05, 4.69) is 10.6 Å². The van der Waals surface area contributed by atoms with Crippen LogP contribution in [-0.2, 0) is 16.1 Å². The lowest BCUT2D eigenvalue weighted by atomic mass is 10.2. The van der Waals surface area contributed by atoms with Crippen LogP contribution in [0.3, 0.4) is 0 Å². The Kier molecular flexibility index (Phi) is 7.48. The Morgan fingerprint density at radius 2 is 1.84 bits per heavy atom. The van der Waals surface area contributed by atoms with Gasteiger partial charge in [-0.15, -0.1) is 0 Å². The van der Waals surface area contributed by atoms with Gasteiger partial charge in [0.05, 0.1) is 20.3 Å². The van der Waals surface area contributed by atoms with E-state index in [0.717, 1.165) is 17.7 Å². The van der Waals surface area contributed by atoms with E-state index in [1.165, 1.54) is 0 Å². The first-order chi connectivity index (χ1) is 15.0. The van der Waals surface area contributed by atoms with Crippen molar-refractivity contribution in [3.05, 3.63) is 53.6 Å². The number of carbonyl (C=O) groups is 3. The first-order valence-corrected chi connectivity index (χ1v) is 10.3. The molecule has 2 N–H and O–H groups in total. The number of methoxy groups -OCH3 is 1. The van der Waals surface area contributed by atoms with Gasteiger partial charge in [0.15, 0.2) is 11.5 Å². The fourth-order valence-corrected chi connectivity index (χ4v) is 3.34. The summed E-state index contributed by atoms with van der Waals surface area (Å²) in [4.78, 5) is 37.9. The monoisotopic (exact) mass is 425 g/mol. The van der Waals surface area contributed by atoms with Crippen LogP contribution in [0.5, 0.6) is 11.5 Å². The SMILES string of the molecule is CCOc1ccc(CNC(=O)CNC(=O)c2ccc(N3CCCC3=O)cc2)cc1OC. The van der Waals surface area contributed by atoms with Gasteiger partial charge in [0.25, 0.3) is 5.91 Å². The van der Waals surface area contributed by atoms with Crippen LogP contribution in [0.2, 0.25) is 0 Å². The van der Waals surface area contributed by atoms with Gasteiger partial charge in [0.2, 0.25) is 11.8 Å². The molecule has 164 valence electrons. The first-order valence-electron chi connectivity index (χ1n) is 10.3. The van der Waals surface area contributed by atoms with Gasteiger partial charge in [-0.25, -0.2) is 0 Å². The average Bonchev–Trinajstić information content (AvgIpc) is 3.22. The molecule has 8 heteroatoms. The zero-order valence-corrected chi connectivity index (χ0v) is 17.8. The first kappa shape index (κ1) is 22.1. The normalized spacial score (nSPS) is 13.1. The molecule has 0 atom stereocenters. The summed E-state index contributed by atoms with van der Waals surface area (Å²) in [5, 5.41) is 5.37. The predicted molar refractivity (Wildman–Crippen MR) is 116 cm³/mol. The van der Waals surface area contributed by atoms with Crippen LogP contribution in [0.25, 0.3) is 0 Å². The number of anilines is 1. The summed E-state index contributed by atoms with van der Waals surface area (Å²) in [6.45, 7) is 3.29. The minimum atomic E-state index is -0.350. The zero-order valence-electron chi connectivity index (χ0n) is 17.8. The molecule has 2 aromatic rings. The Balaban J connectivity index is 1.47. The molecule has 1 heterocycles. The topological polar surface area (TPSA) is 97.0 Å². The Labute approximate surface area is 181 Å². The molecule has 0 aliphatic carbocycles. The van der Waals surface area contributed by atoms with E-state index in [1.54, 1.807) is 48.4 Å². The third-order valence-corrected chi connectivity index (χ3v) is 4.94. The molecule has 0 unspecified atom stereocenters. The lowest BCUT2D eigenvalue weighted by Crippen LogP contribution is -2.36. The van der Waals surface area contributed by atoms with E-state index in [-0.39, 0.29) is 24.3 Å². The van der Waals surface area contributed by atoms with Gasteiger partial charge >= 0.3 is 0 Å². The van der Waals surface area contributed by atoms with E-state index >= 15 is 0 Å². The van der Waals surface area contributed by atoms with Gasteiger partial charge in [0, 0.05) is 30.8 Å². The van der Waals surface area contributed by atoms with Crippen molar-refractivity contribution in [2.24, 2.45) is 0 Å². The number of nitrogens with zero attached hydrogens (tertiary/aromatic N) is 1. The van der Waals surface area contributed by atoms with Gasteiger partial charge in [0.1, 0.15) is 0 Å². The van der Waals surface area contributed by atoms with Gasteiger partial charge < -0.3 is 25.0 Å². The van der Waals surface area contributed by atoms with Gasteiger partial charge in [-0.2, -0.15) is 0 Å². The fourth-order valence-electron chi connectivity index (χ4n) is 3.34. The lowest BCUT2D eigenvalue weighted by molar-refractivity contribution is -0.120. The molecule has 3 rings (SSSR count). The van der Waals surface area contributed by atoms with Crippen LogP contribution in [0.1, 0.15) is 35.7 Å². The van der Waals surface area contributed by atoms with Crippen molar-refractivity contribution < 1.29 is 23.9 Å². The maximum atomic E-state index is 12.3. The van der Waals surface area contributed by atoms with Crippen LogP contribution in [0.15, 0.2) is 42.5 Å². The Morgan fingerprint density at radius 1 is 1.06 bits per heavy atom.